The summed E-state index contributed by atoms with van der Waals surface area (Å²) < 4.78 is 5.43. The highest BCUT2D eigenvalue weighted by Gasteiger charge is 2.29. The summed E-state index contributed by atoms with van der Waals surface area (Å²) in [5, 5.41) is 6.84. The Morgan fingerprint density at radius 2 is 2.08 bits per heavy atom. The first-order valence-corrected chi connectivity index (χ1v) is 8.82. The van der Waals surface area contributed by atoms with Crippen LogP contribution in [0.3, 0.4) is 0 Å². The summed E-state index contributed by atoms with van der Waals surface area (Å²) in [7, 11) is 0. The molecule has 2 amide bonds. The van der Waals surface area contributed by atoms with E-state index < -0.39 is 12.1 Å². The molecule has 6 nitrogen and oxygen atoms in total. The van der Waals surface area contributed by atoms with Crippen molar-refractivity contribution in [2.45, 2.75) is 51.3 Å². The third-order valence-electron chi connectivity index (χ3n) is 4.38. The molecule has 1 aliphatic rings. The molecule has 1 unspecified atom stereocenters. The van der Waals surface area contributed by atoms with Gasteiger partial charge in [0.25, 0.3) is 0 Å². The number of aromatic amines is 1. The lowest BCUT2D eigenvalue weighted by atomic mass is 10.0. The van der Waals surface area contributed by atoms with E-state index in [9.17, 15) is 9.59 Å². The number of nitrogens with one attached hydrogen (secondary N) is 3. The molecule has 2 atom stereocenters. The molecule has 1 aromatic carbocycles. The number of ether oxygens (including phenoxy) is 1. The normalized spacial score (nSPS) is 18.4. The van der Waals surface area contributed by atoms with E-state index in [4.69, 9.17) is 4.74 Å². The van der Waals surface area contributed by atoms with Crippen molar-refractivity contribution in [2.24, 2.45) is 0 Å². The molecule has 3 rings (SSSR count). The van der Waals surface area contributed by atoms with Crippen LogP contribution in [0.1, 0.15) is 32.3 Å². The van der Waals surface area contributed by atoms with Gasteiger partial charge in [-0.05, 0) is 38.3 Å². The molecule has 2 heterocycles. The van der Waals surface area contributed by atoms with Crippen LogP contribution in [0, 0.1) is 0 Å². The predicted molar refractivity (Wildman–Crippen MR) is 96.2 cm³/mol. The topological polar surface area (TPSA) is 83.2 Å². The summed E-state index contributed by atoms with van der Waals surface area (Å²) in [6.07, 6.45) is 3.47. The first-order valence-electron chi connectivity index (χ1n) is 8.82. The van der Waals surface area contributed by atoms with Gasteiger partial charge in [-0.1, -0.05) is 18.2 Å². The van der Waals surface area contributed by atoms with Crippen molar-refractivity contribution in [2.75, 3.05) is 6.61 Å². The van der Waals surface area contributed by atoms with E-state index in [0.29, 0.717) is 19.4 Å². The molecule has 0 aliphatic carbocycles. The van der Waals surface area contributed by atoms with E-state index in [1.807, 2.05) is 44.3 Å². The van der Waals surface area contributed by atoms with Gasteiger partial charge in [0, 0.05) is 36.2 Å². The van der Waals surface area contributed by atoms with Crippen LogP contribution < -0.4 is 10.6 Å². The number of amides is 2. The smallest absolute Gasteiger partial charge is 0.249 e. The second-order valence-corrected chi connectivity index (χ2v) is 6.79. The SMILES string of the molecule is CC(C)NC(=O)[C@H](Cc1c[nH]c2ccccc12)NC(=O)C1CCCO1. The Hall–Kier alpha value is -2.34. The van der Waals surface area contributed by atoms with Crippen molar-refractivity contribution in [1.82, 2.24) is 15.6 Å². The van der Waals surface area contributed by atoms with E-state index in [1.165, 1.54) is 0 Å². The van der Waals surface area contributed by atoms with Crippen LogP contribution in [0.5, 0.6) is 0 Å². The summed E-state index contributed by atoms with van der Waals surface area (Å²) in [4.78, 5) is 28.2. The third-order valence-corrected chi connectivity index (χ3v) is 4.38. The fraction of sp³-hybridized carbons (Fsp3) is 0.474. The van der Waals surface area contributed by atoms with Gasteiger partial charge in [-0.25, -0.2) is 0 Å². The molecular weight excluding hydrogens is 318 g/mol. The second kappa shape index (κ2) is 7.70. The number of rotatable bonds is 6. The monoisotopic (exact) mass is 343 g/mol. The van der Waals surface area contributed by atoms with E-state index in [0.717, 1.165) is 22.9 Å². The zero-order valence-corrected chi connectivity index (χ0v) is 14.7. The molecule has 1 aliphatic heterocycles. The molecule has 0 saturated carbocycles. The van der Waals surface area contributed by atoms with E-state index in [-0.39, 0.29) is 17.9 Å². The summed E-state index contributed by atoms with van der Waals surface area (Å²) in [5.74, 6) is -0.382. The molecule has 6 heteroatoms. The van der Waals surface area contributed by atoms with Crippen LogP contribution in [0.2, 0.25) is 0 Å². The Kier molecular flexibility index (Phi) is 5.38. The van der Waals surface area contributed by atoms with Gasteiger partial charge < -0.3 is 20.4 Å². The van der Waals surface area contributed by atoms with Crippen molar-refractivity contribution >= 4 is 22.7 Å². The van der Waals surface area contributed by atoms with E-state index in [2.05, 4.69) is 15.6 Å². The van der Waals surface area contributed by atoms with Gasteiger partial charge in [-0.15, -0.1) is 0 Å². The standard InChI is InChI=1S/C19H25N3O3/c1-12(2)21-18(23)16(22-19(24)17-8-5-9-25-17)10-13-11-20-15-7-4-3-6-14(13)15/h3-4,6-7,11-12,16-17,20H,5,8-10H2,1-2H3,(H,21,23)(H,22,24)/t16-,17?/m0/s1. The van der Waals surface area contributed by atoms with Crippen molar-refractivity contribution < 1.29 is 14.3 Å². The number of aromatic nitrogens is 1. The van der Waals surface area contributed by atoms with Crippen molar-refractivity contribution in [3.8, 4) is 0 Å². The van der Waals surface area contributed by atoms with Gasteiger partial charge in [0.05, 0.1) is 0 Å². The molecule has 3 N–H and O–H groups in total. The van der Waals surface area contributed by atoms with Crippen LogP contribution in [-0.2, 0) is 20.7 Å². The molecule has 0 radical (unpaired) electrons. The van der Waals surface area contributed by atoms with Crippen LogP contribution >= 0.6 is 0 Å². The van der Waals surface area contributed by atoms with Gasteiger partial charge in [0.2, 0.25) is 11.8 Å². The van der Waals surface area contributed by atoms with Crippen molar-refractivity contribution in [1.29, 1.82) is 0 Å². The van der Waals surface area contributed by atoms with Gasteiger partial charge >= 0.3 is 0 Å². The number of carbonyl (C=O) groups excluding carboxylic acids is 2. The fourth-order valence-corrected chi connectivity index (χ4v) is 3.16. The highest BCUT2D eigenvalue weighted by atomic mass is 16.5. The van der Waals surface area contributed by atoms with Gasteiger partial charge in [-0.3, -0.25) is 9.59 Å². The van der Waals surface area contributed by atoms with Gasteiger partial charge in [0.15, 0.2) is 0 Å². The summed E-state index contributed by atoms with van der Waals surface area (Å²) in [6, 6.07) is 7.32. The zero-order valence-electron chi connectivity index (χ0n) is 14.7. The molecular formula is C19H25N3O3. The van der Waals surface area contributed by atoms with Crippen LogP contribution in [-0.4, -0.2) is 41.6 Å². The Balaban J connectivity index is 1.77. The molecule has 0 spiro atoms. The Morgan fingerprint density at radius 1 is 1.28 bits per heavy atom. The molecule has 1 saturated heterocycles. The first-order chi connectivity index (χ1) is 12.0. The van der Waals surface area contributed by atoms with Crippen molar-refractivity contribution in [3.05, 3.63) is 36.0 Å². The number of H-pyrrole nitrogens is 1. The molecule has 0 bridgehead atoms. The number of fused-ring (bicyclic) bond motifs is 1. The summed E-state index contributed by atoms with van der Waals surface area (Å²) in [6.45, 7) is 4.41. The maximum atomic E-state index is 12.6. The average Bonchev–Trinajstić information content (AvgIpc) is 3.23. The van der Waals surface area contributed by atoms with Crippen LogP contribution in [0.4, 0.5) is 0 Å². The predicted octanol–water partition coefficient (Wildman–Crippen LogP) is 1.90. The number of hydrogen-bond acceptors (Lipinski definition) is 3. The lowest BCUT2D eigenvalue weighted by Gasteiger charge is -2.21. The first kappa shape index (κ1) is 17.5. The minimum absolute atomic E-state index is 0.0117. The highest BCUT2D eigenvalue weighted by molar-refractivity contribution is 5.91. The molecule has 1 fully saturated rings. The van der Waals surface area contributed by atoms with Crippen molar-refractivity contribution in [3.63, 3.8) is 0 Å². The number of para-hydroxylation sites is 1. The molecule has 1 aromatic heterocycles. The Bertz CT molecular complexity index is 747. The van der Waals surface area contributed by atoms with E-state index >= 15 is 0 Å². The zero-order chi connectivity index (χ0) is 17.8. The number of benzene rings is 1. The van der Waals surface area contributed by atoms with Crippen LogP contribution in [0.25, 0.3) is 10.9 Å². The average molecular weight is 343 g/mol. The second-order valence-electron chi connectivity index (χ2n) is 6.79. The minimum atomic E-state index is -0.627. The minimum Gasteiger partial charge on any atom is -0.368 e. The quantitative estimate of drug-likeness (QED) is 0.749. The summed E-state index contributed by atoms with van der Waals surface area (Å²) >= 11 is 0. The van der Waals surface area contributed by atoms with Gasteiger partial charge in [-0.2, -0.15) is 0 Å². The Morgan fingerprint density at radius 3 is 2.80 bits per heavy atom. The molecule has 134 valence electrons. The number of hydrogen-bond donors (Lipinski definition) is 3. The highest BCUT2D eigenvalue weighted by Crippen LogP contribution is 2.19. The molecule has 25 heavy (non-hydrogen) atoms. The maximum Gasteiger partial charge on any atom is 0.249 e. The fourth-order valence-electron chi connectivity index (χ4n) is 3.16. The summed E-state index contributed by atoms with van der Waals surface area (Å²) in [5.41, 5.74) is 2.03. The lowest BCUT2D eigenvalue weighted by molar-refractivity contribution is -0.134. The maximum absolute atomic E-state index is 12.6. The largest absolute Gasteiger partial charge is 0.368 e. The number of carbonyl (C=O) groups is 2. The van der Waals surface area contributed by atoms with Gasteiger partial charge in [0.1, 0.15) is 12.1 Å². The Labute approximate surface area is 147 Å². The third kappa shape index (κ3) is 4.20. The van der Waals surface area contributed by atoms with E-state index in [1.54, 1.807) is 0 Å². The molecule has 2 aromatic rings. The lowest BCUT2D eigenvalue weighted by Crippen LogP contribution is -2.51. The van der Waals surface area contributed by atoms with Crippen LogP contribution in [0.15, 0.2) is 30.5 Å².